The van der Waals surface area contributed by atoms with E-state index in [-0.39, 0.29) is 0 Å². The summed E-state index contributed by atoms with van der Waals surface area (Å²) in [6.45, 7) is 2.75. The van der Waals surface area contributed by atoms with Crippen molar-refractivity contribution < 1.29 is 4.74 Å². The molecule has 136 valence electrons. The Kier molecular flexibility index (Phi) is 6.31. The zero-order valence-electron chi connectivity index (χ0n) is 15.6. The fraction of sp³-hybridized carbons (Fsp3) is 0.318. The van der Waals surface area contributed by atoms with Gasteiger partial charge in [0.2, 0.25) is 0 Å². The Morgan fingerprint density at radius 1 is 1.12 bits per heavy atom. The summed E-state index contributed by atoms with van der Waals surface area (Å²) in [6.07, 6.45) is 4.32. The first kappa shape index (κ1) is 18.1. The van der Waals surface area contributed by atoms with Crippen molar-refractivity contribution in [3.63, 3.8) is 0 Å². The van der Waals surface area contributed by atoms with Crippen LogP contribution in [0.2, 0.25) is 0 Å². The molecular weight excluding hydrogens is 322 g/mol. The molecule has 1 N–H and O–H groups in total. The van der Waals surface area contributed by atoms with Crippen LogP contribution in [0.1, 0.15) is 17.5 Å². The number of ether oxygens (including phenoxy) is 1. The molecule has 4 heteroatoms. The molecule has 1 aliphatic rings. The number of guanidine groups is 1. The molecule has 0 unspecified atom stereocenters. The summed E-state index contributed by atoms with van der Waals surface area (Å²) in [6, 6.07) is 18.9. The molecule has 0 aliphatic carbocycles. The quantitative estimate of drug-likeness (QED) is 0.662. The summed E-state index contributed by atoms with van der Waals surface area (Å²) in [5.41, 5.74) is 4.05. The van der Waals surface area contributed by atoms with Crippen LogP contribution in [0, 0.1) is 0 Å². The van der Waals surface area contributed by atoms with Crippen LogP contribution in [0.5, 0.6) is 5.75 Å². The smallest absolute Gasteiger partial charge is 0.193 e. The third-order valence-electron chi connectivity index (χ3n) is 4.72. The highest BCUT2D eigenvalue weighted by atomic mass is 16.5. The molecule has 1 heterocycles. The molecule has 0 spiro atoms. The molecule has 2 aromatic carbocycles. The van der Waals surface area contributed by atoms with Gasteiger partial charge in [0.15, 0.2) is 5.96 Å². The molecule has 0 saturated carbocycles. The Morgan fingerprint density at radius 3 is 2.50 bits per heavy atom. The van der Waals surface area contributed by atoms with Crippen LogP contribution in [-0.2, 0) is 6.42 Å². The van der Waals surface area contributed by atoms with E-state index in [9.17, 15) is 0 Å². The van der Waals surface area contributed by atoms with E-state index in [1.807, 2.05) is 19.2 Å². The maximum absolute atomic E-state index is 5.20. The number of nitrogens with zero attached hydrogens (tertiary/aromatic N) is 2. The van der Waals surface area contributed by atoms with Crippen molar-refractivity contribution in [3.8, 4) is 5.75 Å². The minimum atomic E-state index is 0.866. The van der Waals surface area contributed by atoms with Crippen LogP contribution in [0.25, 0.3) is 5.57 Å². The number of benzene rings is 2. The lowest BCUT2D eigenvalue weighted by atomic mass is 10.00. The molecule has 0 radical (unpaired) electrons. The van der Waals surface area contributed by atoms with E-state index in [0.717, 1.165) is 44.2 Å². The van der Waals surface area contributed by atoms with Gasteiger partial charge in [0.1, 0.15) is 5.75 Å². The molecule has 2 aromatic rings. The Hall–Kier alpha value is -2.75. The average molecular weight is 349 g/mol. The Bertz CT molecular complexity index is 751. The van der Waals surface area contributed by atoms with Gasteiger partial charge >= 0.3 is 0 Å². The van der Waals surface area contributed by atoms with Crippen LogP contribution >= 0.6 is 0 Å². The van der Waals surface area contributed by atoms with Crippen molar-refractivity contribution in [2.24, 2.45) is 4.99 Å². The fourth-order valence-electron chi connectivity index (χ4n) is 3.22. The van der Waals surface area contributed by atoms with Gasteiger partial charge in [-0.15, -0.1) is 0 Å². The van der Waals surface area contributed by atoms with E-state index in [1.54, 1.807) is 7.11 Å². The van der Waals surface area contributed by atoms with E-state index in [4.69, 9.17) is 4.74 Å². The molecule has 0 fully saturated rings. The third-order valence-corrected chi connectivity index (χ3v) is 4.72. The first-order chi connectivity index (χ1) is 12.8. The van der Waals surface area contributed by atoms with Gasteiger partial charge in [-0.05, 0) is 41.7 Å². The number of hydrogen-bond donors (Lipinski definition) is 1. The van der Waals surface area contributed by atoms with E-state index >= 15 is 0 Å². The molecule has 0 aromatic heterocycles. The van der Waals surface area contributed by atoms with Gasteiger partial charge in [0, 0.05) is 26.7 Å². The van der Waals surface area contributed by atoms with Gasteiger partial charge in [-0.3, -0.25) is 4.99 Å². The topological polar surface area (TPSA) is 36.9 Å². The normalized spacial score (nSPS) is 14.8. The van der Waals surface area contributed by atoms with Gasteiger partial charge in [-0.2, -0.15) is 0 Å². The highest BCUT2D eigenvalue weighted by Crippen LogP contribution is 2.21. The monoisotopic (exact) mass is 349 g/mol. The molecule has 0 bridgehead atoms. The van der Waals surface area contributed by atoms with Gasteiger partial charge in [-0.1, -0.05) is 48.5 Å². The molecule has 4 nitrogen and oxygen atoms in total. The summed E-state index contributed by atoms with van der Waals surface area (Å²) >= 11 is 0. The van der Waals surface area contributed by atoms with Crippen LogP contribution < -0.4 is 10.1 Å². The summed E-state index contributed by atoms with van der Waals surface area (Å²) in [4.78, 5) is 6.76. The van der Waals surface area contributed by atoms with Crippen molar-refractivity contribution in [3.05, 3.63) is 71.8 Å². The molecule has 0 amide bonds. The first-order valence-electron chi connectivity index (χ1n) is 9.13. The number of methoxy groups -OCH3 is 1. The number of aliphatic imine (C=N–C) groups is 1. The van der Waals surface area contributed by atoms with E-state index in [1.165, 1.54) is 16.7 Å². The van der Waals surface area contributed by atoms with E-state index in [2.05, 4.69) is 63.7 Å². The van der Waals surface area contributed by atoms with Crippen molar-refractivity contribution in [1.29, 1.82) is 0 Å². The maximum atomic E-state index is 5.20. The van der Waals surface area contributed by atoms with Crippen molar-refractivity contribution in [2.45, 2.75) is 12.8 Å². The highest BCUT2D eigenvalue weighted by Gasteiger charge is 2.15. The predicted octanol–water partition coefficient (Wildman–Crippen LogP) is 3.60. The zero-order valence-corrected chi connectivity index (χ0v) is 15.6. The van der Waals surface area contributed by atoms with Crippen molar-refractivity contribution in [1.82, 2.24) is 10.2 Å². The van der Waals surface area contributed by atoms with Crippen LogP contribution in [0.3, 0.4) is 0 Å². The van der Waals surface area contributed by atoms with Gasteiger partial charge in [0.25, 0.3) is 0 Å². The Morgan fingerprint density at radius 2 is 1.88 bits per heavy atom. The summed E-state index contributed by atoms with van der Waals surface area (Å²) < 4.78 is 5.20. The summed E-state index contributed by atoms with van der Waals surface area (Å²) in [5, 5.41) is 3.49. The van der Waals surface area contributed by atoms with Gasteiger partial charge < -0.3 is 15.0 Å². The van der Waals surface area contributed by atoms with E-state index < -0.39 is 0 Å². The van der Waals surface area contributed by atoms with Crippen molar-refractivity contribution >= 4 is 11.5 Å². The lowest BCUT2D eigenvalue weighted by Gasteiger charge is -2.29. The molecule has 0 atom stereocenters. The minimum absolute atomic E-state index is 0.866. The third kappa shape index (κ3) is 4.66. The second-order valence-corrected chi connectivity index (χ2v) is 6.36. The zero-order chi connectivity index (χ0) is 18.2. The molecule has 1 aliphatic heterocycles. The molecule has 0 saturated heterocycles. The fourth-order valence-corrected chi connectivity index (χ4v) is 3.22. The average Bonchev–Trinajstić information content (AvgIpc) is 2.72. The summed E-state index contributed by atoms with van der Waals surface area (Å²) in [5.74, 6) is 1.87. The SMILES string of the molecule is CN=C(NCCc1ccc(OC)cc1)N1CC=C(c2ccccc2)CC1. The Labute approximate surface area is 156 Å². The van der Waals surface area contributed by atoms with Gasteiger partial charge in [-0.25, -0.2) is 0 Å². The minimum Gasteiger partial charge on any atom is -0.497 e. The predicted molar refractivity (Wildman–Crippen MR) is 109 cm³/mol. The second-order valence-electron chi connectivity index (χ2n) is 6.36. The van der Waals surface area contributed by atoms with Crippen LogP contribution in [-0.4, -0.2) is 44.7 Å². The van der Waals surface area contributed by atoms with Crippen LogP contribution in [0.15, 0.2) is 65.7 Å². The maximum Gasteiger partial charge on any atom is 0.193 e. The Balaban J connectivity index is 1.51. The number of rotatable bonds is 5. The lowest BCUT2D eigenvalue weighted by molar-refractivity contribution is 0.414. The second kappa shape index (κ2) is 9.09. The molecular formula is C22H27N3O. The standard InChI is InChI=1S/C22H27N3O/c1-23-22(24-15-12-18-8-10-21(26-2)11-9-18)25-16-13-20(14-17-25)19-6-4-3-5-7-19/h3-11,13H,12,14-17H2,1-2H3,(H,23,24). The molecule has 26 heavy (non-hydrogen) atoms. The van der Waals surface area contributed by atoms with Crippen molar-refractivity contribution in [2.75, 3.05) is 33.8 Å². The number of nitrogens with one attached hydrogen (secondary N) is 1. The number of hydrogen-bond acceptors (Lipinski definition) is 2. The van der Waals surface area contributed by atoms with Crippen LogP contribution in [0.4, 0.5) is 0 Å². The lowest BCUT2D eigenvalue weighted by Crippen LogP contribution is -2.44. The van der Waals surface area contributed by atoms with E-state index in [0.29, 0.717) is 0 Å². The summed E-state index contributed by atoms with van der Waals surface area (Å²) in [7, 11) is 3.54. The largest absolute Gasteiger partial charge is 0.497 e. The van der Waals surface area contributed by atoms with Gasteiger partial charge in [0.05, 0.1) is 7.11 Å². The molecule has 3 rings (SSSR count). The highest BCUT2D eigenvalue weighted by molar-refractivity contribution is 5.81. The first-order valence-corrected chi connectivity index (χ1v) is 9.13.